The molecule has 0 saturated carbocycles. The van der Waals surface area contributed by atoms with Crippen LogP contribution in [0.4, 0.5) is 17.1 Å². The molecule has 2 N–H and O–H groups in total. The standard InChI is InChI=1S/C48H50N6S/c1-3-5-11-24-53-27-23-31-19-20-34(29-35(31)30-53)42-46(52-55)43(49)41(33-21-22-40-32(28-33)14-13-26-54(40)25-12-6-4-2)47-48(42)51-45-39-18-10-8-16-37(39)36-15-7-9-17-38(36)44(45)50-47/h7-10,15-22,28-29H,3-6,11-14,23-27,30,49H2,1-2H3. The molecule has 7 aromatic rings. The van der Waals surface area contributed by atoms with Crippen LogP contribution < -0.4 is 10.6 Å². The van der Waals surface area contributed by atoms with E-state index in [0.717, 1.165) is 107 Å². The van der Waals surface area contributed by atoms with Gasteiger partial charge in [-0.25, -0.2) is 9.97 Å². The van der Waals surface area contributed by atoms with Gasteiger partial charge in [0, 0.05) is 66.2 Å². The Balaban J connectivity index is 1.30. The lowest BCUT2D eigenvalue weighted by Gasteiger charge is -2.32. The molecule has 6 nitrogen and oxygen atoms in total. The van der Waals surface area contributed by atoms with Crippen molar-refractivity contribution in [3.05, 3.63) is 102 Å². The molecule has 1 aromatic heterocycles. The van der Waals surface area contributed by atoms with Gasteiger partial charge < -0.3 is 10.6 Å². The number of unbranched alkanes of at least 4 members (excludes halogenated alkanes) is 4. The van der Waals surface area contributed by atoms with Crippen LogP contribution in [0.3, 0.4) is 0 Å². The van der Waals surface area contributed by atoms with Gasteiger partial charge in [0.25, 0.3) is 0 Å². The van der Waals surface area contributed by atoms with Crippen LogP contribution in [0, 0.1) is 0 Å². The first-order valence-corrected chi connectivity index (χ1v) is 20.9. The minimum atomic E-state index is 0.561. The van der Waals surface area contributed by atoms with Gasteiger partial charge in [0.1, 0.15) is 16.7 Å². The van der Waals surface area contributed by atoms with Crippen molar-refractivity contribution in [1.29, 1.82) is 0 Å². The number of benzene rings is 6. The summed E-state index contributed by atoms with van der Waals surface area (Å²) in [7, 11) is 0. The number of hydrogen-bond acceptors (Lipinski definition) is 7. The first kappa shape index (κ1) is 35.7. The zero-order chi connectivity index (χ0) is 37.5. The second kappa shape index (κ2) is 15.3. The molecule has 0 bridgehead atoms. The molecule has 6 aromatic carbocycles. The highest BCUT2D eigenvalue weighted by Gasteiger charge is 2.27. The van der Waals surface area contributed by atoms with Gasteiger partial charge >= 0.3 is 0 Å². The molecule has 2 aliphatic rings. The van der Waals surface area contributed by atoms with Crippen molar-refractivity contribution in [3.63, 3.8) is 0 Å². The normalized spacial score (nSPS) is 14.5. The summed E-state index contributed by atoms with van der Waals surface area (Å²) in [6.45, 7) is 9.90. The molecule has 0 saturated heterocycles. The summed E-state index contributed by atoms with van der Waals surface area (Å²) >= 11 is 5.65. The van der Waals surface area contributed by atoms with Gasteiger partial charge in [-0.05, 0) is 95.4 Å². The monoisotopic (exact) mass is 742 g/mol. The Bertz CT molecular complexity index is 2600. The van der Waals surface area contributed by atoms with Gasteiger partial charge in [0.15, 0.2) is 0 Å². The number of aryl methyl sites for hydroxylation is 1. The number of anilines is 2. The highest BCUT2D eigenvalue weighted by atomic mass is 32.1. The topological polar surface area (TPSA) is 70.6 Å². The summed E-state index contributed by atoms with van der Waals surface area (Å²) < 4.78 is 4.57. The van der Waals surface area contributed by atoms with E-state index in [9.17, 15) is 0 Å². The minimum Gasteiger partial charge on any atom is -0.396 e. The average molecular weight is 743 g/mol. The molecule has 0 atom stereocenters. The van der Waals surface area contributed by atoms with E-state index >= 15 is 0 Å². The van der Waals surface area contributed by atoms with E-state index in [0.29, 0.717) is 11.4 Å². The van der Waals surface area contributed by atoms with Crippen LogP contribution in [-0.2, 0) is 31.8 Å². The van der Waals surface area contributed by atoms with E-state index in [-0.39, 0.29) is 0 Å². The molecule has 0 unspecified atom stereocenters. The van der Waals surface area contributed by atoms with Crippen molar-refractivity contribution >= 4 is 73.1 Å². The zero-order valence-electron chi connectivity index (χ0n) is 32.2. The first-order chi connectivity index (χ1) is 27.1. The molecule has 2 aliphatic heterocycles. The van der Waals surface area contributed by atoms with Gasteiger partial charge in [-0.15, -0.1) is 0 Å². The Morgan fingerprint density at radius 2 is 1.25 bits per heavy atom. The van der Waals surface area contributed by atoms with Crippen molar-refractivity contribution < 1.29 is 0 Å². The second-order valence-electron chi connectivity index (χ2n) is 15.7. The highest BCUT2D eigenvalue weighted by Crippen LogP contribution is 2.49. The molecule has 0 spiro atoms. The lowest BCUT2D eigenvalue weighted by atomic mass is 9.89. The smallest absolute Gasteiger partial charge is 0.111 e. The highest BCUT2D eigenvalue weighted by molar-refractivity contribution is 7.47. The summed E-state index contributed by atoms with van der Waals surface area (Å²) in [6.07, 6.45) is 10.7. The molecule has 3 heterocycles. The predicted octanol–water partition coefficient (Wildman–Crippen LogP) is 11.9. The number of fused-ring (bicyclic) bond motifs is 9. The second-order valence-corrected chi connectivity index (χ2v) is 15.9. The third-order valence-electron chi connectivity index (χ3n) is 12.2. The lowest BCUT2D eigenvalue weighted by molar-refractivity contribution is 0.249. The third-order valence-corrected chi connectivity index (χ3v) is 12.3. The maximum Gasteiger partial charge on any atom is 0.111 e. The molecule has 0 fully saturated rings. The summed E-state index contributed by atoms with van der Waals surface area (Å²) in [6, 6.07) is 30.8. The van der Waals surface area contributed by atoms with Gasteiger partial charge in [-0.3, -0.25) is 4.90 Å². The van der Waals surface area contributed by atoms with Crippen molar-refractivity contribution in [2.24, 2.45) is 4.36 Å². The molecular weight excluding hydrogens is 693 g/mol. The van der Waals surface area contributed by atoms with Crippen molar-refractivity contribution in [2.45, 2.75) is 78.2 Å². The number of nitrogens with two attached hydrogens (primary N) is 1. The summed E-state index contributed by atoms with van der Waals surface area (Å²) in [5, 5.41) is 4.50. The Kier molecular flexibility index (Phi) is 9.92. The van der Waals surface area contributed by atoms with Crippen LogP contribution in [0.25, 0.3) is 65.9 Å². The molecule has 7 heteroatoms. The van der Waals surface area contributed by atoms with Gasteiger partial charge in [-0.2, -0.15) is 4.36 Å². The summed E-state index contributed by atoms with van der Waals surface area (Å²) in [5.41, 5.74) is 21.1. The lowest BCUT2D eigenvalue weighted by Crippen LogP contribution is -2.31. The Morgan fingerprint density at radius 3 is 1.95 bits per heavy atom. The first-order valence-electron chi connectivity index (χ1n) is 20.5. The molecule has 0 aliphatic carbocycles. The number of rotatable bonds is 11. The van der Waals surface area contributed by atoms with E-state index in [4.69, 9.17) is 28.1 Å². The van der Waals surface area contributed by atoms with Crippen molar-refractivity contribution in [1.82, 2.24) is 14.9 Å². The van der Waals surface area contributed by atoms with Crippen LogP contribution >= 0.6 is 0 Å². The number of aromatic nitrogens is 2. The van der Waals surface area contributed by atoms with Crippen LogP contribution in [0.1, 0.15) is 75.5 Å². The van der Waals surface area contributed by atoms with Crippen LogP contribution in [-0.4, -0.2) is 41.0 Å². The largest absolute Gasteiger partial charge is 0.396 e. The van der Waals surface area contributed by atoms with Crippen LogP contribution in [0.15, 0.2) is 89.3 Å². The molecular formula is C48H50N6S. The maximum atomic E-state index is 7.34. The molecule has 55 heavy (non-hydrogen) atoms. The molecule has 0 amide bonds. The molecule has 0 radical (unpaired) electrons. The summed E-state index contributed by atoms with van der Waals surface area (Å²) in [4.78, 5) is 16.4. The fourth-order valence-electron chi connectivity index (χ4n) is 9.32. The van der Waals surface area contributed by atoms with E-state index in [2.05, 4.69) is 113 Å². The van der Waals surface area contributed by atoms with Crippen LogP contribution in [0.5, 0.6) is 0 Å². The number of nitrogen functional groups attached to an aromatic ring is 1. The number of nitrogens with zero attached hydrogens (tertiary/aromatic N) is 5. The quantitative estimate of drug-likeness (QED) is 0.0616. The van der Waals surface area contributed by atoms with Gasteiger partial charge in [0.2, 0.25) is 0 Å². The van der Waals surface area contributed by atoms with E-state index < -0.39 is 0 Å². The van der Waals surface area contributed by atoms with Crippen molar-refractivity contribution in [2.75, 3.05) is 36.8 Å². The minimum absolute atomic E-state index is 0.561. The Labute approximate surface area is 329 Å². The van der Waals surface area contributed by atoms with E-state index in [1.165, 1.54) is 71.7 Å². The van der Waals surface area contributed by atoms with Gasteiger partial charge in [0.05, 0.1) is 16.7 Å². The third kappa shape index (κ3) is 6.41. The fourth-order valence-corrected chi connectivity index (χ4v) is 9.51. The van der Waals surface area contributed by atoms with E-state index in [1.54, 1.807) is 0 Å². The maximum absolute atomic E-state index is 7.34. The molecule has 278 valence electrons. The summed E-state index contributed by atoms with van der Waals surface area (Å²) in [5.74, 6) is 0. The Morgan fingerprint density at radius 1 is 0.636 bits per heavy atom. The average Bonchev–Trinajstić information content (AvgIpc) is 3.22. The van der Waals surface area contributed by atoms with Crippen LogP contribution in [0.2, 0.25) is 0 Å². The Hall–Kier alpha value is -4.98. The van der Waals surface area contributed by atoms with E-state index in [1.807, 2.05) is 0 Å². The predicted molar refractivity (Wildman–Crippen MR) is 235 cm³/mol. The number of hydrogen-bond donors (Lipinski definition) is 1. The zero-order valence-corrected chi connectivity index (χ0v) is 33.0. The molecule has 9 rings (SSSR count). The van der Waals surface area contributed by atoms with Crippen molar-refractivity contribution in [3.8, 4) is 22.3 Å². The SMILES string of the molecule is CCCCCN1CCc2ccc(-c3c(N=S)c(N)c(-c4ccc5c(c4)CCCN5CCCCC)c4nc5c6ccccc6c6ccccc6c5nc34)cc2C1. The fraction of sp³-hybridized carbons (Fsp3) is 0.333. The van der Waals surface area contributed by atoms with Gasteiger partial charge in [-0.1, -0.05) is 106 Å².